The van der Waals surface area contributed by atoms with Crippen LogP contribution < -0.4 is 15.8 Å². The maximum absolute atomic E-state index is 12.2. The lowest BCUT2D eigenvalue weighted by atomic mass is 10.2. The second-order valence-electron chi connectivity index (χ2n) is 4.29. The summed E-state index contributed by atoms with van der Waals surface area (Å²) in [5.41, 5.74) is 5.42. The zero-order valence-corrected chi connectivity index (χ0v) is 12.3. The standard InChI is InChI=1S/C12H12N4O5S/c1-21-8-3-2-6(16(19)20)4-7(8)14-11(18)9-5-10(17)15-12(13)22-9/h2-4,9H,5H2,1H3,(H,14,18)(H2,13,15,17)/t9-/m1/s1. The molecule has 1 atom stereocenters. The smallest absolute Gasteiger partial charge is 0.271 e. The first-order valence-corrected chi connectivity index (χ1v) is 6.95. The van der Waals surface area contributed by atoms with E-state index in [1.807, 2.05) is 0 Å². The van der Waals surface area contributed by atoms with Crippen LogP contribution in [0.3, 0.4) is 0 Å². The van der Waals surface area contributed by atoms with Crippen LogP contribution in [-0.2, 0) is 9.59 Å². The van der Waals surface area contributed by atoms with Crippen molar-refractivity contribution in [3.8, 4) is 5.75 Å². The fraction of sp³-hybridized carbons (Fsp3) is 0.250. The van der Waals surface area contributed by atoms with E-state index in [2.05, 4.69) is 10.3 Å². The van der Waals surface area contributed by atoms with E-state index in [9.17, 15) is 19.7 Å². The van der Waals surface area contributed by atoms with E-state index < -0.39 is 22.0 Å². The summed E-state index contributed by atoms with van der Waals surface area (Å²) >= 11 is 0.962. The van der Waals surface area contributed by atoms with Crippen molar-refractivity contribution in [1.82, 2.24) is 0 Å². The van der Waals surface area contributed by atoms with Crippen LogP contribution in [0.5, 0.6) is 5.75 Å². The first-order valence-electron chi connectivity index (χ1n) is 6.07. The number of rotatable bonds is 4. The molecular weight excluding hydrogens is 312 g/mol. The Labute approximate surface area is 129 Å². The predicted octanol–water partition coefficient (Wildman–Crippen LogP) is 0.889. The van der Waals surface area contributed by atoms with E-state index in [1.165, 1.54) is 25.3 Å². The highest BCUT2D eigenvalue weighted by atomic mass is 32.2. The normalized spacial score (nSPS) is 17.6. The molecule has 22 heavy (non-hydrogen) atoms. The van der Waals surface area contributed by atoms with Gasteiger partial charge in [-0.2, -0.15) is 4.99 Å². The van der Waals surface area contributed by atoms with E-state index in [1.54, 1.807) is 0 Å². The minimum absolute atomic E-state index is 0.0161. The maximum Gasteiger partial charge on any atom is 0.271 e. The number of hydrogen-bond donors (Lipinski definition) is 2. The van der Waals surface area contributed by atoms with Gasteiger partial charge in [0, 0.05) is 12.1 Å². The van der Waals surface area contributed by atoms with Gasteiger partial charge in [-0.1, -0.05) is 11.8 Å². The van der Waals surface area contributed by atoms with Gasteiger partial charge >= 0.3 is 0 Å². The van der Waals surface area contributed by atoms with E-state index in [-0.39, 0.29) is 28.7 Å². The lowest BCUT2D eigenvalue weighted by Crippen LogP contribution is -2.33. The number of carbonyl (C=O) groups excluding carboxylic acids is 2. The minimum Gasteiger partial charge on any atom is -0.495 e. The summed E-state index contributed by atoms with van der Waals surface area (Å²) in [6.45, 7) is 0. The predicted molar refractivity (Wildman–Crippen MR) is 80.9 cm³/mol. The van der Waals surface area contributed by atoms with Crippen molar-refractivity contribution in [3.05, 3.63) is 28.3 Å². The van der Waals surface area contributed by atoms with Gasteiger partial charge in [0.25, 0.3) is 5.69 Å². The summed E-state index contributed by atoms with van der Waals surface area (Å²) in [7, 11) is 1.38. The van der Waals surface area contributed by atoms with Gasteiger partial charge in [0.05, 0.1) is 24.1 Å². The molecule has 0 fully saturated rings. The Kier molecular flexibility index (Phi) is 4.61. The maximum atomic E-state index is 12.2. The number of nitrogens with zero attached hydrogens (tertiary/aromatic N) is 2. The van der Waals surface area contributed by atoms with Gasteiger partial charge in [-0.3, -0.25) is 19.7 Å². The van der Waals surface area contributed by atoms with Gasteiger partial charge in [-0.15, -0.1) is 0 Å². The van der Waals surface area contributed by atoms with Crippen LogP contribution in [0.15, 0.2) is 23.2 Å². The third kappa shape index (κ3) is 3.52. The summed E-state index contributed by atoms with van der Waals surface area (Å²) in [5.74, 6) is -0.717. The average molecular weight is 324 g/mol. The number of non-ortho nitro benzene ring substituents is 1. The summed E-state index contributed by atoms with van der Waals surface area (Å²) in [6.07, 6.45) is -0.0888. The number of carbonyl (C=O) groups is 2. The van der Waals surface area contributed by atoms with Crippen LogP contribution in [0.4, 0.5) is 11.4 Å². The molecular formula is C12H12N4O5S. The molecule has 0 saturated carbocycles. The number of nitro groups is 1. The fourth-order valence-electron chi connectivity index (χ4n) is 1.81. The van der Waals surface area contributed by atoms with Crippen LogP contribution in [0.1, 0.15) is 6.42 Å². The molecule has 1 heterocycles. The molecule has 2 rings (SSSR count). The molecule has 9 nitrogen and oxygen atoms in total. The van der Waals surface area contributed by atoms with Gasteiger partial charge in [0.15, 0.2) is 5.17 Å². The number of ether oxygens (including phenoxy) is 1. The zero-order valence-electron chi connectivity index (χ0n) is 11.4. The van der Waals surface area contributed by atoms with E-state index in [0.29, 0.717) is 0 Å². The SMILES string of the molecule is COc1ccc([N+](=O)[O-])cc1NC(=O)[C@H]1CC(=O)N=C(N)S1. The first kappa shape index (κ1) is 15.8. The summed E-state index contributed by atoms with van der Waals surface area (Å²) < 4.78 is 5.05. The molecule has 1 aliphatic rings. The number of thioether (sulfide) groups is 1. The molecule has 0 radical (unpaired) electrons. The number of nitrogens with one attached hydrogen (secondary N) is 1. The van der Waals surface area contributed by atoms with Crippen molar-refractivity contribution >= 4 is 40.1 Å². The Bertz CT molecular complexity index is 675. The number of anilines is 1. The third-order valence-corrected chi connectivity index (χ3v) is 3.80. The third-order valence-electron chi connectivity index (χ3n) is 2.80. The van der Waals surface area contributed by atoms with Crippen molar-refractivity contribution in [3.63, 3.8) is 0 Å². The Morgan fingerprint density at radius 3 is 2.91 bits per heavy atom. The number of amidine groups is 1. The van der Waals surface area contributed by atoms with Gasteiger partial charge in [0.1, 0.15) is 11.0 Å². The number of nitro benzene ring substituents is 1. The fourth-order valence-corrected chi connectivity index (χ4v) is 2.65. The van der Waals surface area contributed by atoms with Crippen LogP contribution in [0.25, 0.3) is 0 Å². The zero-order chi connectivity index (χ0) is 16.3. The summed E-state index contributed by atoms with van der Waals surface area (Å²) in [5, 5.41) is 12.6. The number of amides is 2. The number of benzene rings is 1. The highest BCUT2D eigenvalue weighted by Gasteiger charge is 2.28. The van der Waals surface area contributed by atoms with E-state index in [4.69, 9.17) is 10.5 Å². The van der Waals surface area contributed by atoms with Crippen LogP contribution in [0, 0.1) is 10.1 Å². The second-order valence-corrected chi connectivity index (χ2v) is 5.51. The molecule has 1 aromatic carbocycles. The van der Waals surface area contributed by atoms with E-state index >= 15 is 0 Å². The second kappa shape index (κ2) is 6.43. The molecule has 1 aromatic rings. The molecule has 3 N–H and O–H groups in total. The van der Waals surface area contributed by atoms with Gasteiger partial charge < -0.3 is 15.8 Å². The Hall–Kier alpha value is -2.62. The molecule has 0 unspecified atom stereocenters. The highest BCUT2D eigenvalue weighted by Crippen LogP contribution is 2.30. The number of methoxy groups -OCH3 is 1. The van der Waals surface area contributed by atoms with Crippen LogP contribution in [-0.4, -0.2) is 34.3 Å². The molecule has 2 amide bonds. The lowest BCUT2D eigenvalue weighted by molar-refractivity contribution is -0.384. The van der Waals surface area contributed by atoms with Gasteiger partial charge in [0.2, 0.25) is 11.8 Å². The molecule has 1 aliphatic heterocycles. The van der Waals surface area contributed by atoms with Gasteiger partial charge in [-0.05, 0) is 6.07 Å². The largest absolute Gasteiger partial charge is 0.495 e. The Morgan fingerprint density at radius 1 is 1.59 bits per heavy atom. The molecule has 0 bridgehead atoms. The topological polar surface area (TPSA) is 137 Å². The molecule has 0 saturated heterocycles. The molecule has 0 aliphatic carbocycles. The molecule has 0 spiro atoms. The van der Waals surface area contributed by atoms with E-state index in [0.717, 1.165) is 11.8 Å². The van der Waals surface area contributed by atoms with Crippen molar-refractivity contribution < 1.29 is 19.2 Å². The highest BCUT2D eigenvalue weighted by molar-refractivity contribution is 8.15. The average Bonchev–Trinajstić information content (AvgIpc) is 2.46. The Balaban J connectivity index is 2.20. The van der Waals surface area contributed by atoms with Crippen molar-refractivity contribution in [1.29, 1.82) is 0 Å². The lowest BCUT2D eigenvalue weighted by Gasteiger charge is -2.18. The minimum atomic E-state index is -0.742. The summed E-state index contributed by atoms with van der Waals surface area (Å²) in [6, 6.07) is 3.82. The van der Waals surface area contributed by atoms with Crippen LogP contribution in [0.2, 0.25) is 0 Å². The van der Waals surface area contributed by atoms with Crippen molar-refractivity contribution in [2.24, 2.45) is 10.7 Å². The number of aliphatic imine (C=N–C) groups is 1. The van der Waals surface area contributed by atoms with Crippen molar-refractivity contribution in [2.45, 2.75) is 11.7 Å². The molecule has 116 valence electrons. The van der Waals surface area contributed by atoms with Gasteiger partial charge in [-0.25, -0.2) is 0 Å². The molecule has 10 heteroatoms. The summed E-state index contributed by atoms with van der Waals surface area (Å²) in [4.78, 5) is 37.3. The first-order chi connectivity index (χ1) is 10.4. The monoisotopic (exact) mass is 324 g/mol. The molecule has 0 aromatic heterocycles. The van der Waals surface area contributed by atoms with Crippen molar-refractivity contribution in [2.75, 3.05) is 12.4 Å². The Morgan fingerprint density at radius 2 is 2.32 bits per heavy atom. The quantitative estimate of drug-likeness (QED) is 0.619. The van der Waals surface area contributed by atoms with Crippen LogP contribution >= 0.6 is 11.8 Å². The number of hydrogen-bond acceptors (Lipinski definition) is 7. The number of nitrogens with two attached hydrogens (primary N) is 1.